The van der Waals surface area contributed by atoms with Gasteiger partial charge in [-0.1, -0.05) is 20.8 Å². The van der Waals surface area contributed by atoms with E-state index in [2.05, 4.69) is 20.4 Å². The quantitative estimate of drug-likeness (QED) is 0.324. The van der Waals surface area contributed by atoms with E-state index in [-0.39, 0.29) is 21.9 Å². The summed E-state index contributed by atoms with van der Waals surface area (Å²) < 4.78 is 2.68. The summed E-state index contributed by atoms with van der Waals surface area (Å²) in [5.41, 5.74) is -0.106. The third-order valence-corrected chi connectivity index (χ3v) is 3.82. The summed E-state index contributed by atoms with van der Waals surface area (Å²) in [5.74, 6) is 0.145. The molecule has 0 spiro atoms. The molecule has 3 aromatic rings. The Morgan fingerprint density at radius 3 is 2.54 bits per heavy atom. The van der Waals surface area contributed by atoms with Crippen molar-refractivity contribution >= 4 is 29.9 Å². The number of nitro groups is 1. The molecule has 0 aliphatic rings. The Hall–Kier alpha value is -3.21. The maximum absolute atomic E-state index is 12.8. The number of nitro benzene ring substituents is 1. The molecule has 0 unspecified atom stereocenters. The zero-order valence-corrected chi connectivity index (χ0v) is 15.0. The van der Waals surface area contributed by atoms with Gasteiger partial charge in [-0.3, -0.25) is 14.9 Å². The van der Waals surface area contributed by atoms with Gasteiger partial charge in [0.1, 0.15) is 5.69 Å². The van der Waals surface area contributed by atoms with Gasteiger partial charge in [0.05, 0.1) is 11.1 Å². The average molecular weight is 373 g/mol. The monoisotopic (exact) mass is 373 g/mol. The van der Waals surface area contributed by atoms with E-state index in [9.17, 15) is 14.9 Å². The van der Waals surface area contributed by atoms with Crippen LogP contribution >= 0.6 is 12.2 Å². The van der Waals surface area contributed by atoms with E-state index in [1.165, 1.54) is 35.0 Å². The maximum Gasteiger partial charge on any atom is 0.298 e. The smallest absolute Gasteiger partial charge is 0.265 e. The summed E-state index contributed by atoms with van der Waals surface area (Å²) in [5, 5.41) is 25.8. The lowest BCUT2D eigenvalue weighted by atomic mass is 9.93. The van der Waals surface area contributed by atoms with Gasteiger partial charge in [0, 0.05) is 17.5 Å². The normalized spacial score (nSPS) is 12.1. The molecule has 2 aromatic heterocycles. The molecule has 0 fully saturated rings. The predicted octanol–water partition coefficient (Wildman–Crippen LogP) is 2.04. The molecule has 10 nitrogen and oxygen atoms in total. The van der Waals surface area contributed by atoms with Crippen molar-refractivity contribution in [2.75, 3.05) is 0 Å². The lowest BCUT2D eigenvalue weighted by Gasteiger charge is -2.16. The molecule has 134 valence electrons. The summed E-state index contributed by atoms with van der Waals surface area (Å²) in [7, 11) is 0. The Morgan fingerprint density at radius 1 is 1.31 bits per heavy atom. The molecule has 2 heterocycles. The van der Waals surface area contributed by atoms with E-state index in [0.29, 0.717) is 5.56 Å². The van der Waals surface area contributed by atoms with E-state index in [1.807, 2.05) is 20.8 Å². The molecule has 0 amide bonds. The first-order valence-electron chi connectivity index (χ1n) is 7.58. The van der Waals surface area contributed by atoms with Gasteiger partial charge in [-0.15, -0.1) is 5.10 Å². The second kappa shape index (κ2) is 6.26. The fourth-order valence-electron chi connectivity index (χ4n) is 2.23. The third kappa shape index (κ3) is 3.16. The van der Waals surface area contributed by atoms with Crippen LogP contribution in [0, 0.1) is 14.9 Å². The van der Waals surface area contributed by atoms with Crippen LogP contribution in [-0.4, -0.2) is 35.6 Å². The third-order valence-electron chi connectivity index (χ3n) is 3.55. The van der Waals surface area contributed by atoms with E-state index >= 15 is 0 Å². The fraction of sp³-hybridized carbons (Fsp3) is 0.267. The number of hydrogen-bond acceptors (Lipinski definition) is 7. The molecule has 0 aliphatic heterocycles. The van der Waals surface area contributed by atoms with Crippen molar-refractivity contribution < 1.29 is 4.92 Å². The van der Waals surface area contributed by atoms with Crippen LogP contribution in [0.25, 0.3) is 5.78 Å². The van der Waals surface area contributed by atoms with Crippen molar-refractivity contribution in [3.8, 4) is 0 Å². The second-order valence-electron chi connectivity index (χ2n) is 6.55. The van der Waals surface area contributed by atoms with E-state index in [0.717, 1.165) is 4.68 Å². The molecule has 0 radical (unpaired) electrons. The maximum atomic E-state index is 12.8. The van der Waals surface area contributed by atoms with Crippen molar-refractivity contribution in [1.82, 2.24) is 24.5 Å². The number of nitrogens with one attached hydrogen (secondary N) is 1. The molecule has 0 bridgehead atoms. The first-order valence-corrected chi connectivity index (χ1v) is 7.99. The van der Waals surface area contributed by atoms with Gasteiger partial charge in [0.15, 0.2) is 0 Å². The minimum absolute atomic E-state index is 0.0285. The molecule has 1 aromatic carbocycles. The van der Waals surface area contributed by atoms with Gasteiger partial charge in [-0.05, 0) is 29.9 Å². The predicted molar refractivity (Wildman–Crippen MR) is 97.2 cm³/mol. The van der Waals surface area contributed by atoms with Crippen LogP contribution in [0.1, 0.15) is 32.0 Å². The summed E-state index contributed by atoms with van der Waals surface area (Å²) in [6.07, 6.45) is 1.41. The van der Waals surface area contributed by atoms with Crippen LogP contribution in [0.3, 0.4) is 0 Å². The van der Waals surface area contributed by atoms with E-state index in [1.54, 1.807) is 0 Å². The van der Waals surface area contributed by atoms with Crippen LogP contribution in [0.5, 0.6) is 0 Å². The van der Waals surface area contributed by atoms with Gasteiger partial charge in [-0.2, -0.15) is 19.4 Å². The van der Waals surface area contributed by atoms with Gasteiger partial charge < -0.3 is 0 Å². The summed E-state index contributed by atoms with van der Waals surface area (Å²) in [6.45, 7) is 5.57. The van der Waals surface area contributed by atoms with Gasteiger partial charge in [0.2, 0.25) is 4.77 Å². The first-order chi connectivity index (χ1) is 12.2. The highest BCUT2D eigenvalue weighted by atomic mass is 32.1. The van der Waals surface area contributed by atoms with Crippen molar-refractivity contribution in [3.05, 3.63) is 60.8 Å². The van der Waals surface area contributed by atoms with Gasteiger partial charge >= 0.3 is 0 Å². The minimum atomic E-state index is -0.526. The van der Waals surface area contributed by atoms with Crippen LogP contribution in [0.15, 0.2) is 34.2 Å². The molecule has 1 N–H and O–H groups in total. The van der Waals surface area contributed by atoms with Crippen LogP contribution in [0.2, 0.25) is 0 Å². The number of aromatic nitrogens is 5. The minimum Gasteiger partial charge on any atom is -0.265 e. The van der Waals surface area contributed by atoms with Gasteiger partial charge in [0.25, 0.3) is 17.0 Å². The van der Waals surface area contributed by atoms with E-state index < -0.39 is 15.9 Å². The SMILES string of the molecule is CC(C)(C)c1nn2c(=S)[nH]nc2n(/N=C\c2ccc([N+](=O)[O-])cc2)c1=O. The highest BCUT2D eigenvalue weighted by Gasteiger charge is 2.24. The highest BCUT2D eigenvalue weighted by molar-refractivity contribution is 7.71. The number of fused-ring (bicyclic) bond motifs is 1. The number of benzene rings is 1. The Kier molecular flexibility index (Phi) is 4.24. The zero-order valence-electron chi connectivity index (χ0n) is 14.2. The molecular weight excluding hydrogens is 358 g/mol. The van der Waals surface area contributed by atoms with Crippen molar-refractivity contribution in [3.63, 3.8) is 0 Å². The van der Waals surface area contributed by atoms with Crippen molar-refractivity contribution in [2.24, 2.45) is 5.10 Å². The Bertz CT molecular complexity index is 1130. The average Bonchev–Trinajstić information content (AvgIpc) is 2.94. The first kappa shape index (κ1) is 17.6. The number of rotatable bonds is 3. The summed E-state index contributed by atoms with van der Waals surface area (Å²) >= 11 is 5.14. The standard InChI is InChI=1S/C15H15N7O3S/c1-15(2,3)11-12(23)20(13-17-18-14(26)21(13)19-11)16-8-9-4-6-10(7-5-9)22(24)25/h4-8H,1-3H3,(H,18,26)/b16-8-. The molecule has 26 heavy (non-hydrogen) atoms. The lowest BCUT2D eigenvalue weighted by Crippen LogP contribution is -2.33. The lowest BCUT2D eigenvalue weighted by molar-refractivity contribution is -0.384. The molecule has 0 atom stereocenters. The Balaban J connectivity index is 2.15. The molecule has 0 aliphatic carbocycles. The number of hydrogen-bond donors (Lipinski definition) is 1. The summed E-state index contributed by atoms with van der Waals surface area (Å²) in [6, 6.07) is 5.78. The second-order valence-corrected chi connectivity index (χ2v) is 6.94. The number of nitrogens with zero attached hydrogens (tertiary/aromatic N) is 6. The van der Waals surface area contributed by atoms with Crippen molar-refractivity contribution in [2.45, 2.75) is 26.2 Å². The van der Waals surface area contributed by atoms with E-state index in [4.69, 9.17) is 12.2 Å². The molecule has 11 heteroatoms. The van der Waals surface area contributed by atoms with Crippen LogP contribution < -0.4 is 5.56 Å². The molecule has 3 rings (SSSR count). The van der Waals surface area contributed by atoms with Crippen LogP contribution in [0.4, 0.5) is 5.69 Å². The zero-order chi connectivity index (χ0) is 19.1. The molecular formula is C15H15N7O3S. The van der Waals surface area contributed by atoms with Crippen LogP contribution in [-0.2, 0) is 5.41 Å². The Labute approximate surface area is 151 Å². The Morgan fingerprint density at radius 2 is 1.96 bits per heavy atom. The molecule has 0 saturated heterocycles. The van der Waals surface area contributed by atoms with Crippen molar-refractivity contribution in [1.29, 1.82) is 0 Å². The van der Waals surface area contributed by atoms with Gasteiger partial charge in [-0.25, -0.2) is 5.10 Å². The number of aromatic amines is 1. The molecule has 0 saturated carbocycles. The summed E-state index contributed by atoms with van der Waals surface area (Å²) in [4.78, 5) is 23.0. The fourth-order valence-corrected chi connectivity index (χ4v) is 2.39. The largest absolute Gasteiger partial charge is 0.298 e. The topological polar surface area (TPSA) is 123 Å². The number of H-pyrrole nitrogens is 1. The highest BCUT2D eigenvalue weighted by Crippen LogP contribution is 2.16. The number of non-ortho nitro benzene ring substituents is 1.